The highest BCUT2D eigenvalue weighted by Crippen LogP contribution is 2.27. The first-order valence-electron chi connectivity index (χ1n) is 7.23. The van der Waals surface area contributed by atoms with Crippen molar-refractivity contribution in [2.75, 3.05) is 11.9 Å². The molecule has 1 heterocycles. The minimum Gasteiger partial charge on any atom is -0.492 e. The molecule has 0 aliphatic carbocycles. The number of ether oxygens (including phenoxy) is 1. The van der Waals surface area contributed by atoms with Crippen LogP contribution in [-0.2, 0) is 0 Å². The summed E-state index contributed by atoms with van der Waals surface area (Å²) in [6.07, 6.45) is 0. The van der Waals surface area contributed by atoms with Gasteiger partial charge in [-0.05, 0) is 37.3 Å². The van der Waals surface area contributed by atoms with Crippen LogP contribution < -0.4 is 15.4 Å². The van der Waals surface area contributed by atoms with E-state index in [-0.39, 0.29) is 16.8 Å². The molecule has 2 aromatic carbocycles. The lowest BCUT2D eigenvalue weighted by Gasteiger charge is -2.10. The Balaban J connectivity index is 1.88. The van der Waals surface area contributed by atoms with E-state index in [0.29, 0.717) is 22.9 Å². The van der Waals surface area contributed by atoms with Gasteiger partial charge in [-0.15, -0.1) is 0 Å². The number of carbonyl (C=O) groups is 3. The topological polar surface area (TPSA) is 84.5 Å². The van der Waals surface area contributed by atoms with Crippen LogP contribution in [-0.4, -0.2) is 24.3 Å². The van der Waals surface area contributed by atoms with Gasteiger partial charge in [-0.25, -0.2) is 0 Å². The summed E-state index contributed by atoms with van der Waals surface area (Å²) in [5.41, 5.74) is 0.979. The minimum absolute atomic E-state index is 0.160. The average molecular weight is 345 g/mol. The summed E-state index contributed by atoms with van der Waals surface area (Å²) in [6.45, 7) is 2.30. The third-order valence-corrected chi connectivity index (χ3v) is 3.80. The second-order valence-electron chi connectivity index (χ2n) is 5.04. The van der Waals surface area contributed by atoms with E-state index in [1.807, 2.05) is 6.92 Å². The zero-order valence-electron chi connectivity index (χ0n) is 12.7. The second-order valence-corrected chi connectivity index (χ2v) is 5.45. The fraction of sp³-hybridized carbons (Fsp3) is 0.118. The fourth-order valence-corrected chi connectivity index (χ4v) is 2.67. The second kappa shape index (κ2) is 6.33. The van der Waals surface area contributed by atoms with E-state index in [1.54, 1.807) is 24.3 Å². The highest BCUT2D eigenvalue weighted by molar-refractivity contribution is 6.32. The Morgan fingerprint density at radius 2 is 2.00 bits per heavy atom. The summed E-state index contributed by atoms with van der Waals surface area (Å²) in [6, 6.07) is 9.34. The predicted octanol–water partition coefficient (Wildman–Crippen LogP) is 2.87. The Bertz CT molecular complexity index is 864. The number of rotatable bonds is 4. The molecular weight excluding hydrogens is 332 g/mol. The normalized spacial score (nSPS) is 12.6. The average Bonchev–Trinajstić information content (AvgIpc) is 2.85. The Labute approximate surface area is 142 Å². The molecule has 2 aromatic rings. The van der Waals surface area contributed by atoms with E-state index in [9.17, 15) is 14.4 Å². The molecule has 3 amide bonds. The molecule has 0 saturated heterocycles. The van der Waals surface area contributed by atoms with Gasteiger partial charge in [0.15, 0.2) is 0 Å². The van der Waals surface area contributed by atoms with Crippen LogP contribution in [0, 0.1) is 0 Å². The molecular formula is C17H13ClN2O4. The maximum Gasteiger partial charge on any atom is 0.261 e. The molecule has 6 nitrogen and oxygen atoms in total. The molecule has 2 N–H and O–H groups in total. The Morgan fingerprint density at radius 3 is 2.71 bits per heavy atom. The van der Waals surface area contributed by atoms with Crippen LogP contribution in [0.25, 0.3) is 0 Å². The van der Waals surface area contributed by atoms with Gasteiger partial charge in [-0.2, -0.15) is 0 Å². The summed E-state index contributed by atoms with van der Waals surface area (Å²) in [5.74, 6) is -0.965. The molecule has 0 aromatic heterocycles. The smallest absolute Gasteiger partial charge is 0.261 e. The van der Waals surface area contributed by atoms with Crippen molar-refractivity contribution >= 4 is 35.0 Å². The molecule has 7 heteroatoms. The molecule has 0 spiro atoms. The molecule has 0 atom stereocenters. The minimum atomic E-state index is -0.532. The number of imide groups is 1. The zero-order valence-corrected chi connectivity index (χ0v) is 13.4. The van der Waals surface area contributed by atoms with Gasteiger partial charge in [0.05, 0.1) is 28.4 Å². The van der Waals surface area contributed by atoms with Crippen molar-refractivity contribution in [3.8, 4) is 5.75 Å². The number of halogens is 1. The quantitative estimate of drug-likeness (QED) is 0.835. The van der Waals surface area contributed by atoms with Crippen molar-refractivity contribution in [1.29, 1.82) is 0 Å². The first kappa shape index (κ1) is 16.0. The lowest BCUT2D eigenvalue weighted by Crippen LogP contribution is -2.20. The molecule has 0 saturated carbocycles. The van der Waals surface area contributed by atoms with Gasteiger partial charge in [0.25, 0.3) is 17.7 Å². The number of hydrogen-bond donors (Lipinski definition) is 2. The van der Waals surface area contributed by atoms with Crippen LogP contribution in [0.1, 0.15) is 38.0 Å². The fourth-order valence-electron chi connectivity index (χ4n) is 2.43. The maximum atomic E-state index is 12.4. The number of hydrogen-bond acceptors (Lipinski definition) is 4. The van der Waals surface area contributed by atoms with Gasteiger partial charge in [-0.1, -0.05) is 17.7 Å². The van der Waals surface area contributed by atoms with E-state index in [0.717, 1.165) is 0 Å². The van der Waals surface area contributed by atoms with Crippen molar-refractivity contribution in [3.63, 3.8) is 0 Å². The Hall–Kier alpha value is -2.86. The van der Waals surface area contributed by atoms with E-state index in [1.165, 1.54) is 12.1 Å². The SMILES string of the molecule is CCOc1ccc(C(=O)Nc2cccc3c2C(=O)NC3=O)cc1Cl. The summed E-state index contributed by atoms with van der Waals surface area (Å²) in [7, 11) is 0. The molecule has 3 rings (SSSR count). The molecule has 122 valence electrons. The van der Waals surface area contributed by atoms with Crippen LogP contribution in [0.15, 0.2) is 36.4 Å². The van der Waals surface area contributed by atoms with Gasteiger partial charge in [0.2, 0.25) is 0 Å². The van der Waals surface area contributed by atoms with Crippen molar-refractivity contribution in [1.82, 2.24) is 5.32 Å². The lowest BCUT2D eigenvalue weighted by molar-refractivity contribution is 0.0879. The van der Waals surface area contributed by atoms with Crippen LogP contribution in [0.2, 0.25) is 5.02 Å². The van der Waals surface area contributed by atoms with Crippen LogP contribution in [0.5, 0.6) is 5.75 Å². The summed E-state index contributed by atoms with van der Waals surface area (Å²) >= 11 is 6.08. The van der Waals surface area contributed by atoms with Gasteiger partial charge in [0, 0.05) is 5.56 Å². The number of amides is 3. The van der Waals surface area contributed by atoms with E-state index >= 15 is 0 Å². The van der Waals surface area contributed by atoms with E-state index in [2.05, 4.69) is 10.6 Å². The van der Waals surface area contributed by atoms with Gasteiger partial charge >= 0.3 is 0 Å². The number of benzene rings is 2. The summed E-state index contributed by atoms with van der Waals surface area (Å²) < 4.78 is 5.32. The van der Waals surface area contributed by atoms with E-state index < -0.39 is 17.7 Å². The standard InChI is InChI=1S/C17H13ClN2O4/c1-2-24-13-7-6-9(8-11(13)18)15(21)19-12-5-3-4-10-14(12)17(23)20-16(10)22/h3-8H,2H2,1H3,(H,19,21)(H,20,22,23). The maximum absolute atomic E-state index is 12.4. The third kappa shape index (κ3) is 2.83. The van der Waals surface area contributed by atoms with Crippen molar-refractivity contribution in [2.45, 2.75) is 6.92 Å². The number of anilines is 1. The summed E-state index contributed by atoms with van der Waals surface area (Å²) in [5, 5.41) is 5.15. The first-order valence-corrected chi connectivity index (χ1v) is 7.61. The van der Waals surface area contributed by atoms with Crippen molar-refractivity contribution in [3.05, 3.63) is 58.1 Å². The van der Waals surface area contributed by atoms with Crippen LogP contribution in [0.4, 0.5) is 5.69 Å². The summed E-state index contributed by atoms with van der Waals surface area (Å²) in [4.78, 5) is 35.9. The largest absolute Gasteiger partial charge is 0.492 e. The lowest BCUT2D eigenvalue weighted by atomic mass is 10.1. The number of carbonyl (C=O) groups excluding carboxylic acids is 3. The molecule has 0 bridgehead atoms. The molecule has 0 radical (unpaired) electrons. The molecule has 0 unspecified atom stereocenters. The first-order chi connectivity index (χ1) is 11.5. The Kier molecular flexibility index (Phi) is 4.22. The third-order valence-electron chi connectivity index (χ3n) is 3.51. The Morgan fingerprint density at radius 1 is 1.21 bits per heavy atom. The van der Waals surface area contributed by atoms with Crippen LogP contribution in [0.3, 0.4) is 0 Å². The number of nitrogens with one attached hydrogen (secondary N) is 2. The van der Waals surface area contributed by atoms with Gasteiger partial charge in [0.1, 0.15) is 5.75 Å². The van der Waals surface area contributed by atoms with Gasteiger partial charge < -0.3 is 10.1 Å². The zero-order chi connectivity index (χ0) is 17.3. The molecule has 1 aliphatic heterocycles. The van der Waals surface area contributed by atoms with Crippen molar-refractivity contribution < 1.29 is 19.1 Å². The van der Waals surface area contributed by atoms with E-state index in [4.69, 9.17) is 16.3 Å². The predicted molar refractivity (Wildman–Crippen MR) is 88.8 cm³/mol. The van der Waals surface area contributed by atoms with Crippen molar-refractivity contribution in [2.24, 2.45) is 0 Å². The van der Waals surface area contributed by atoms with Gasteiger partial charge in [-0.3, -0.25) is 19.7 Å². The highest BCUT2D eigenvalue weighted by Gasteiger charge is 2.29. The molecule has 0 fully saturated rings. The molecule has 1 aliphatic rings. The monoisotopic (exact) mass is 344 g/mol. The van der Waals surface area contributed by atoms with Crippen LogP contribution >= 0.6 is 11.6 Å². The number of fused-ring (bicyclic) bond motifs is 1. The molecule has 24 heavy (non-hydrogen) atoms. The highest BCUT2D eigenvalue weighted by atomic mass is 35.5.